The number of morpholine rings is 1. The van der Waals surface area contributed by atoms with Crippen molar-refractivity contribution in [2.24, 2.45) is 5.10 Å². The van der Waals surface area contributed by atoms with E-state index in [1.165, 1.54) is 5.69 Å². The Morgan fingerprint density at radius 1 is 0.870 bits per heavy atom. The number of hydrogen-bond acceptors (Lipinski definition) is 6. The molecule has 0 radical (unpaired) electrons. The second kappa shape index (κ2) is 6.18. The molecule has 0 amide bonds. The fraction of sp³-hybridized carbons (Fsp3) is 0.235. The first-order chi connectivity index (χ1) is 11.4. The van der Waals surface area contributed by atoms with Crippen LogP contribution in [0.2, 0.25) is 0 Å². The van der Waals surface area contributed by atoms with Gasteiger partial charge in [0.1, 0.15) is 6.34 Å². The van der Waals surface area contributed by atoms with Crippen LogP contribution in [0, 0.1) is 0 Å². The van der Waals surface area contributed by atoms with Crippen molar-refractivity contribution in [2.75, 3.05) is 41.3 Å². The molecule has 0 unspecified atom stereocenters. The van der Waals surface area contributed by atoms with E-state index in [4.69, 9.17) is 4.74 Å². The molecule has 0 bridgehead atoms. The zero-order valence-electron chi connectivity index (χ0n) is 12.8. The number of benzene rings is 2. The minimum absolute atomic E-state index is 0.767. The SMILES string of the molecule is C1=NNN(c2ccccc2)N1c1ccccc1N1CCOCC1. The van der Waals surface area contributed by atoms with Gasteiger partial charge in [0, 0.05) is 13.1 Å². The third-order valence-corrected chi connectivity index (χ3v) is 4.02. The third kappa shape index (κ3) is 2.68. The van der Waals surface area contributed by atoms with E-state index in [2.05, 4.69) is 39.8 Å². The van der Waals surface area contributed by atoms with Crippen LogP contribution in [0.3, 0.4) is 0 Å². The molecule has 1 N–H and O–H groups in total. The van der Waals surface area contributed by atoms with Crippen LogP contribution < -0.4 is 20.6 Å². The number of anilines is 3. The zero-order chi connectivity index (χ0) is 15.5. The van der Waals surface area contributed by atoms with Crippen LogP contribution in [0.15, 0.2) is 59.7 Å². The van der Waals surface area contributed by atoms with Crippen molar-refractivity contribution in [3.05, 3.63) is 54.6 Å². The molecule has 2 aliphatic rings. The molecule has 23 heavy (non-hydrogen) atoms. The van der Waals surface area contributed by atoms with Gasteiger partial charge < -0.3 is 9.64 Å². The molecule has 0 aliphatic carbocycles. The van der Waals surface area contributed by atoms with Gasteiger partial charge in [0.2, 0.25) is 0 Å². The van der Waals surface area contributed by atoms with E-state index in [1.807, 2.05) is 40.5 Å². The Bertz CT molecular complexity index is 684. The predicted molar refractivity (Wildman–Crippen MR) is 92.5 cm³/mol. The summed E-state index contributed by atoms with van der Waals surface area (Å²) in [4.78, 5) is 2.36. The molecule has 2 heterocycles. The van der Waals surface area contributed by atoms with E-state index >= 15 is 0 Å². The number of para-hydroxylation sites is 3. The molecule has 118 valence electrons. The van der Waals surface area contributed by atoms with Gasteiger partial charge in [0.25, 0.3) is 0 Å². The number of hydrazone groups is 1. The Kier molecular flexibility index (Phi) is 3.73. The Labute approximate surface area is 135 Å². The molecule has 2 aromatic carbocycles. The molecule has 6 nitrogen and oxygen atoms in total. The summed E-state index contributed by atoms with van der Waals surface area (Å²) in [5.41, 5.74) is 6.34. The molecule has 2 aliphatic heterocycles. The van der Waals surface area contributed by atoms with Crippen LogP contribution >= 0.6 is 0 Å². The Morgan fingerprint density at radius 3 is 2.35 bits per heavy atom. The summed E-state index contributed by atoms with van der Waals surface area (Å²) < 4.78 is 5.47. The lowest BCUT2D eigenvalue weighted by Crippen LogP contribution is -2.45. The maximum atomic E-state index is 5.47. The van der Waals surface area contributed by atoms with E-state index < -0.39 is 0 Å². The lowest BCUT2D eigenvalue weighted by Gasteiger charge is -2.34. The van der Waals surface area contributed by atoms with Crippen LogP contribution in [-0.4, -0.2) is 32.6 Å². The van der Waals surface area contributed by atoms with Gasteiger partial charge in [-0.05, 0) is 24.3 Å². The normalized spacial score (nSPS) is 17.5. The predicted octanol–water partition coefficient (Wildman–Crippen LogP) is 2.21. The molecule has 0 saturated carbocycles. The Hall–Kier alpha value is -2.73. The third-order valence-electron chi connectivity index (χ3n) is 4.02. The molecular weight excluding hydrogens is 290 g/mol. The van der Waals surface area contributed by atoms with Crippen LogP contribution in [0.25, 0.3) is 0 Å². The average molecular weight is 309 g/mol. The van der Waals surface area contributed by atoms with Gasteiger partial charge in [0.15, 0.2) is 0 Å². The largest absolute Gasteiger partial charge is 0.378 e. The fourth-order valence-corrected chi connectivity index (χ4v) is 2.89. The van der Waals surface area contributed by atoms with Crippen LogP contribution in [0.4, 0.5) is 17.1 Å². The summed E-state index contributed by atoms with van der Waals surface area (Å²) in [6.45, 7) is 3.34. The van der Waals surface area contributed by atoms with E-state index in [-0.39, 0.29) is 0 Å². The monoisotopic (exact) mass is 309 g/mol. The zero-order valence-corrected chi connectivity index (χ0v) is 12.8. The number of ether oxygens (including phenoxy) is 1. The molecule has 0 spiro atoms. The van der Waals surface area contributed by atoms with E-state index in [9.17, 15) is 0 Å². The van der Waals surface area contributed by atoms with Gasteiger partial charge >= 0.3 is 0 Å². The summed E-state index contributed by atoms with van der Waals surface area (Å²) in [5, 5.41) is 8.18. The first-order valence-corrected chi connectivity index (χ1v) is 7.78. The van der Waals surface area contributed by atoms with Gasteiger partial charge in [-0.3, -0.25) is 0 Å². The summed E-state index contributed by atoms with van der Waals surface area (Å²) in [5.74, 6) is 0. The number of rotatable bonds is 3. The van der Waals surface area contributed by atoms with Crippen molar-refractivity contribution in [1.82, 2.24) is 5.53 Å². The van der Waals surface area contributed by atoms with E-state index in [0.717, 1.165) is 37.7 Å². The van der Waals surface area contributed by atoms with Crippen molar-refractivity contribution in [2.45, 2.75) is 0 Å². The Balaban J connectivity index is 1.68. The van der Waals surface area contributed by atoms with E-state index in [1.54, 1.807) is 6.34 Å². The summed E-state index contributed by atoms with van der Waals surface area (Å²) in [6.07, 6.45) is 1.80. The first-order valence-electron chi connectivity index (χ1n) is 7.78. The molecule has 0 atom stereocenters. The molecule has 2 aromatic rings. The van der Waals surface area contributed by atoms with Crippen molar-refractivity contribution >= 4 is 23.4 Å². The van der Waals surface area contributed by atoms with E-state index in [0.29, 0.717) is 0 Å². The quantitative estimate of drug-likeness (QED) is 0.942. The first kappa shape index (κ1) is 13.9. The minimum atomic E-state index is 0.767. The summed E-state index contributed by atoms with van der Waals surface area (Å²) >= 11 is 0. The van der Waals surface area contributed by atoms with Crippen LogP contribution in [0.1, 0.15) is 0 Å². The lowest BCUT2D eigenvalue weighted by molar-refractivity contribution is 0.123. The molecule has 1 saturated heterocycles. The molecule has 6 heteroatoms. The fourth-order valence-electron chi connectivity index (χ4n) is 2.89. The summed E-state index contributed by atoms with van der Waals surface area (Å²) in [6, 6.07) is 18.5. The lowest BCUT2D eigenvalue weighted by atomic mass is 10.2. The maximum absolute atomic E-state index is 5.47. The molecule has 1 fully saturated rings. The standard InChI is InChI=1S/C17H19N5O/c1-2-6-15(7-3-1)22-19-18-14-21(22)17-9-5-4-8-16(17)20-10-12-23-13-11-20/h1-9,14,19H,10-13H2. The topological polar surface area (TPSA) is 43.3 Å². The molecule has 0 aromatic heterocycles. The number of nitrogens with zero attached hydrogens (tertiary/aromatic N) is 4. The van der Waals surface area contributed by atoms with Gasteiger partial charge in [-0.2, -0.15) is 10.7 Å². The van der Waals surface area contributed by atoms with Gasteiger partial charge in [0.05, 0.1) is 30.3 Å². The van der Waals surface area contributed by atoms with Gasteiger partial charge in [-0.25, -0.2) is 5.01 Å². The van der Waals surface area contributed by atoms with Crippen LogP contribution in [0.5, 0.6) is 0 Å². The second-order valence-electron chi connectivity index (χ2n) is 5.42. The van der Waals surface area contributed by atoms with Crippen molar-refractivity contribution in [3.63, 3.8) is 0 Å². The van der Waals surface area contributed by atoms with Gasteiger partial charge in [-0.1, -0.05) is 30.3 Å². The number of hydrazine groups is 2. The smallest absolute Gasteiger partial charge is 0.139 e. The van der Waals surface area contributed by atoms with Gasteiger partial charge in [-0.15, -0.1) is 5.10 Å². The molecular formula is C17H19N5O. The van der Waals surface area contributed by atoms with Crippen molar-refractivity contribution in [1.29, 1.82) is 0 Å². The highest BCUT2D eigenvalue weighted by Crippen LogP contribution is 2.32. The second-order valence-corrected chi connectivity index (χ2v) is 5.42. The molecule has 4 rings (SSSR count). The Morgan fingerprint density at radius 2 is 1.57 bits per heavy atom. The highest BCUT2D eigenvalue weighted by molar-refractivity contribution is 5.90. The average Bonchev–Trinajstić information content (AvgIpc) is 3.13. The van der Waals surface area contributed by atoms with Crippen molar-refractivity contribution in [3.8, 4) is 0 Å². The summed E-state index contributed by atoms with van der Waals surface area (Å²) in [7, 11) is 0. The number of hydrogen-bond donors (Lipinski definition) is 1. The highest BCUT2D eigenvalue weighted by atomic mass is 16.5. The van der Waals surface area contributed by atoms with Crippen LogP contribution in [-0.2, 0) is 4.74 Å². The maximum Gasteiger partial charge on any atom is 0.139 e. The minimum Gasteiger partial charge on any atom is -0.378 e. The van der Waals surface area contributed by atoms with Crippen molar-refractivity contribution < 1.29 is 4.74 Å². The number of nitrogens with one attached hydrogen (secondary N) is 1. The highest BCUT2D eigenvalue weighted by Gasteiger charge is 2.24.